The van der Waals surface area contributed by atoms with E-state index in [4.69, 9.17) is 47.0 Å². The van der Waals surface area contributed by atoms with Gasteiger partial charge < -0.3 is 27.7 Å². The van der Waals surface area contributed by atoms with Crippen LogP contribution in [0.2, 0.25) is 10.0 Å². The largest absolute Gasteiger partial charge is 0.459 e. The molecule has 0 spiro atoms. The molecule has 0 radical (unpaired) electrons. The highest BCUT2D eigenvalue weighted by molar-refractivity contribution is 6.36. The van der Waals surface area contributed by atoms with Gasteiger partial charge >= 0.3 is 5.97 Å². The standard InChI is InChI=1S/C49H49Cl2N7O5/c1-28(2)57-25-39(50)36-23-34(15-17-41(36)57)46-52-44(54-62-46)32-13-9-11-30(21-32)19-20-56(8)43(48(60)61-49(5,6)7)38(27-59)31-12-10-14-33(22-31)45-53-47(63-55-45)35-16-18-42-37(24-35)40(51)26-58(42)29(3)4/h9-18,21-29,38,43H,19-20H2,1-8H3. The maximum absolute atomic E-state index is 14.0. The summed E-state index contributed by atoms with van der Waals surface area (Å²) in [6.07, 6.45) is 5.21. The molecule has 0 bridgehead atoms. The highest BCUT2D eigenvalue weighted by atomic mass is 35.5. The zero-order chi connectivity index (χ0) is 44.7. The third kappa shape index (κ3) is 9.07. The predicted octanol–water partition coefficient (Wildman–Crippen LogP) is 11.7. The fraction of sp³-hybridized carbons (Fsp3) is 0.306. The van der Waals surface area contributed by atoms with Crippen LogP contribution in [0.4, 0.5) is 0 Å². The minimum absolute atomic E-state index is 0.242. The lowest BCUT2D eigenvalue weighted by Crippen LogP contribution is -2.47. The Morgan fingerprint density at radius 3 is 1.78 bits per heavy atom. The molecule has 63 heavy (non-hydrogen) atoms. The van der Waals surface area contributed by atoms with Crippen molar-refractivity contribution in [2.45, 2.75) is 84.5 Å². The van der Waals surface area contributed by atoms with Crippen molar-refractivity contribution < 1.29 is 23.4 Å². The predicted molar refractivity (Wildman–Crippen MR) is 247 cm³/mol. The van der Waals surface area contributed by atoms with Gasteiger partial charge in [-0.2, -0.15) is 9.97 Å². The molecule has 0 aliphatic heterocycles. The lowest BCUT2D eigenvalue weighted by atomic mass is 9.90. The summed E-state index contributed by atoms with van der Waals surface area (Å²) in [5, 5.41) is 11.7. The Hall–Kier alpha value is -6.08. The number of hydrogen-bond acceptors (Lipinski definition) is 10. The number of aldehydes is 1. The van der Waals surface area contributed by atoms with Crippen molar-refractivity contribution >= 4 is 57.3 Å². The summed E-state index contributed by atoms with van der Waals surface area (Å²) in [4.78, 5) is 38.4. The van der Waals surface area contributed by atoms with Crippen LogP contribution in [0.5, 0.6) is 0 Å². The topological polar surface area (TPSA) is 134 Å². The van der Waals surface area contributed by atoms with Gasteiger partial charge in [0.05, 0.1) is 16.0 Å². The van der Waals surface area contributed by atoms with E-state index in [0.717, 1.165) is 50.3 Å². The Morgan fingerprint density at radius 1 is 0.746 bits per heavy atom. The van der Waals surface area contributed by atoms with Crippen molar-refractivity contribution in [3.63, 3.8) is 0 Å². The van der Waals surface area contributed by atoms with E-state index in [-0.39, 0.29) is 12.1 Å². The maximum atomic E-state index is 14.0. The summed E-state index contributed by atoms with van der Waals surface area (Å²) < 4.78 is 21.6. The van der Waals surface area contributed by atoms with E-state index in [1.165, 1.54) is 0 Å². The lowest BCUT2D eigenvalue weighted by Gasteiger charge is -2.33. The molecular weight excluding hydrogens is 837 g/mol. The molecule has 2 atom stereocenters. The Labute approximate surface area is 375 Å². The Kier molecular flexibility index (Phi) is 12.2. The van der Waals surface area contributed by atoms with Crippen LogP contribution in [0, 0.1) is 0 Å². The first kappa shape index (κ1) is 43.6. The van der Waals surface area contributed by atoms with Gasteiger partial charge in [-0.25, -0.2) is 0 Å². The summed E-state index contributed by atoms with van der Waals surface area (Å²) in [6, 6.07) is 26.5. The van der Waals surface area contributed by atoms with Gasteiger partial charge in [-0.1, -0.05) is 69.9 Å². The number of halogens is 2. The molecule has 4 heterocycles. The summed E-state index contributed by atoms with van der Waals surface area (Å²) in [7, 11) is 1.83. The second kappa shape index (κ2) is 17.6. The first-order valence-electron chi connectivity index (χ1n) is 20.9. The summed E-state index contributed by atoms with van der Waals surface area (Å²) in [5.41, 5.74) is 5.74. The van der Waals surface area contributed by atoms with Crippen molar-refractivity contribution in [1.29, 1.82) is 0 Å². The van der Waals surface area contributed by atoms with E-state index >= 15 is 0 Å². The monoisotopic (exact) mass is 885 g/mol. The molecule has 8 rings (SSSR count). The molecule has 2 unspecified atom stereocenters. The van der Waals surface area contributed by atoms with Crippen molar-refractivity contribution in [3.8, 4) is 45.7 Å². The normalized spacial score (nSPS) is 13.2. The number of hydrogen-bond donors (Lipinski definition) is 0. The molecule has 12 nitrogen and oxygen atoms in total. The van der Waals surface area contributed by atoms with Crippen LogP contribution < -0.4 is 0 Å². The molecule has 4 aromatic carbocycles. The number of carbonyl (C=O) groups excluding carboxylic acids is 2. The second-order valence-corrected chi connectivity index (χ2v) is 18.3. The summed E-state index contributed by atoms with van der Waals surface area (Å²) in [5.74, 6) is 0.100. The highest BCUT2D eigenvalue weighted by Gasteiger charge is 2.36. The number of likely N-dealkylation sites (N-methyl/N-ethyl adjacent to an activating group) is 1. The fourth-order valence-electron chi connectivity index (χ4n) is 7.96. The van der Waals surface area contributed by atoms with E-state index in [1.807, 2.05) is 130 Å². The van der Waals surface area contributed by atoms with Gasteiger partial charge in [0.15, 0.2) is 0 Å². The van der Waals surface area contributed by atoms with E-state index < -0.39 is 23.5 Å². The van der Waals surface area contributed by atoms with Gasteiger partial charge in [0.25, 0.3) is 11.8 Å². The van der Waals surface area contributed by atoms with E-state index in [2.05, 4.69) is 47.1 Å². The Balaban J connectivity index is 1.01. The molecular formula is C49H49Cl2N7O5. The second-order valence-electron chi connectivity index (χ2n) is 17.5. The summed E-state index contributed by atoms with van der Waals surface area (Å²) in [6.45, 7) is 14.3. The summed E-state index contributed by atoms with van der Waals surface area (Å²) >= 11 is 13.2. The fourth-order valence-corrected chi connectivity index (χ4v) is 8.47. The molecule has 0 N–H and O–H groups in total. The van der Waals surface area contributed by atoms with Gasteiger partial charge in [0.2, 0.25) is 11.6 Å². The molecule has 4 aromatic heterocycles. The number of esters is 1. The van der Waals surface area contributed by atoms with E-state index in [9.17, 15) is 9.59 Å². The van der Waals surface area contributed by atoms with Crippen molar-refractivity contribution in [2.75, 3.05) is 13.6 Å². The Bertz CT molecular complexity index is 2950. The average molecular weight is 887 g/mol. The zero-order valence-corrected chi connectivity index (χ0v) is 38.0. The number of benzene rings is 4. The van der Waals surface area contributed by atoms with Crippen LogP contribution in [-0.4, -0.2) is 71.8 Å². The highest BCUT2D eigenvalue weighted by Crippen LogP contribution is 2.35. The number of fused-ring (bicyclic) bond motifs is 2. The quantitative estimate of drug-likeness (QED) is 0.0767. The van der Waals surface area contributed by atoms with E-state index in [0.29, 0.717) is 57.6 Å². The van der Waals surface area contributed by atoms with Gasteiger partial charge in [-0.3, -0.25) is 9.69 Å². The third-order valence-corrected chi connectivity index (χ3v) is 11.7. The molecule has 324 valence electrons. The van der Waals surface area contributed by atoms with Crippen LogP contribution in [0.15, 0.2) is 106 Å². The van der Waals surface area contributed by atoms with Gasteiger partial charge in [0.1, 0.15) is 17.9 Å². The molecule has 0 amide bonds. The van der Waals surface area contributed by atoms with Crippen LogP contribution in [0.25, 0.3) is 67.5 Å². The number of nitrogens with zero attached hydrogens (tertiary/aromatic N) is 7. The molecule has 8 aromatic rings. The van der Waals surface area contributed by atoms with Crippen molar-refractivity contribution in [2.24, 2.45) is 0 Å². The molecule has 14 heteroatoms. The zero-order valence-electron chi connectivity index (χ0n) is 36.5. The number of carbonyl (C=O) groups is 2. The van der Waals surface area contributed by atoms with Gasteiger partial charge in [-0.05, 0) is 122 Å². The van der Waals surface area contributed by atoms with Crippen molar-refractivity contribution in [1.82, 2.24) is 34.3 Å². The smallest absolute Gasteiger partial charge is 0.324 e. The van der Waals surface area contributed by atoms with Crippen LogP contribution in [-0.2, 0) is 20.7 Å². The third-order valence-electron chi connectivity index (χ3n) is 11.1. The minimum Gasteiger partial charge on any atom is -0.459 e. The lowest BCUT2D eigenvalue weighted by molar-refractivity contribution is -0.162. The van der Waals surface area contributed by atoms with Crippen molar-refractivity contribution in [3.05, 3.63) is 118 Å². The maximum Gasteiger partial charge on any atom is 0.324 e. The number of ether oxygens (including phenoxy) is 1. The minimum atomic E-state index is -0.946. The average Bonchev–Trinajstić information content (AvgIpc) is 4.07. The molecule has 0 saturated carbocycles. The van der Waals surface area contributed by atoms with Crippen LogP contribution in [0.1, 0.15) is 77.6 Å². The number of aromatic nitrogens is 6. The molecule has 0 saturated heterocycles. The Morgan fingerprint density at radius 2 is 1.27 bits per heavy atom. The van der Waals surface area contributed by atoms with Crippen LogP contribution in [0.3, 0.4) is 0 Å². The van der Waals surface area contributed by atoms with Gasteiger partial charge in [0, 0.05) is 75.1 Å². The van der Waals surface area contributed by atoms with Gasteiger partial charge in [-0.15, -0.1) is 0 Å². The number of rotatable bonds is 14. The first-order chi connectivity index (χ1) is 30.1. The van der Waals surface area contributed by atoms with E-state index in [1.54, 1.807) is 0 Å². The first-order valence-corrected chi connectivity index (χ1v) is 21.7. The SMILES string of the molecule is CC(C)n1cc(Cl)c2cc(-c3nc(-c4cccc(CCN(C)C(C(=O)OC(C)(C)C)C(C=O)c5cccc(-c6noc(-c7ccc8c(c7)c(Cl)cn8C(C)C)n6)c5)c4)no3)ccc21. The van der Waals surface area contributed by atoms with Crippen LogP contribution >= 0.6 is 23.2 Å². The molecule has 0 aliphatic carbocycles. The molecule has 0 aliphatic rings. The molecule has 0 fully saturated rings.